The van der Waals surface area contributed by atoms with E-state index in [1.165, 1.54) is 0 Å². The topological polar surface area (TPSA) is 48.0 Å². The lowest BCUT2D eigenvalue weighted by atomic mass is 10.2. The van der Waals surface area contributed by atoms with Gasteiger partial charge in [-0.1, -0.05) is 24.3 Å². The van der Waals surface area contributed by atoms with Crippen LogP contribution in [0.3, 0.4) is 0 Å². The van der Waals surface area contributed by atoms with E-state index < -0.39 is 0 Å². The van der Waals surface area contributed by atoms with E-state index in [1.807, 2.05) is 53.4 Å². The lowest BCUT2D eigenvalue weighted by Gasteiger charge is -2.24. The minimum Gasteiger partial charge on any atom is -0.484 e. The van der Waals surface area contributed by atoms with Gasteiger partial charge in [-0.05, 0) is 29.8 Å². The lowest BCUT2D eigenvalue weighted by molar-refractivity contribution is -0.133. The summed E-state index contributed by atoms with van der Waals surface area (Å²) in [6.45, 7) is 1.02. The average Bonchev–Trinajstić information content (AvgIpc) is 3.28. The molecule has 0 saturated carbocycles. The van der Waals surface area contributed by atoms with Gasteiger partial charge in [0.05, 0.1) is 0 Å². The van der Waals surface area contributed by atoms with Gasteiger partial charge < -0.3 is 19.1 Å². The van der Waals surface area contributed by atoms with Crippen molar-refractivity contribution in [3.63, 3.8) is 0 Å². The van der Waals surface area contributed by atoms with Crippen molar-refractivity contribution in [1.82, 2.24) is 4.90 Å². The van der Waals surface area contributed by atoms with Gasteiger partial charge in [0.2, 0.25) is 6.79 Å². The fourth-order valence-electron chi connectivity index (χ4n) is 2.81. The summed E-state index contributed by atoms with van der Waals surface area (Å²) in [5.74, 6) is 3.11. The zero-order valence-electron chi connectivity index (χ0n) is 13.0. The van der Waals surface area contributed by atoms with Crippen LogP contribution in [0.25, 0.3) is 0 Å². The molecule has 1 atom stereocenters. The molecule has 1 fully saturated rings. The van der Waals surface area contributed by atoms with Crippen LogP contribution in [0.2, 0.25) is 0 Å². The van der Waals surface area contributed by atoms with Crippen LogP contribution in [0.1, 0.15) is 10.9 Å². The normalized spacial score (nSPS) is 18.7. The number of amides is 1. The van der Waals surface area contributed by atoms with Crippen LogP contribution in [0.4, 0.5) is 0 Å². The Bertz CT molecular complexity index is 737. The Labute approximate surface area is 144 Å². The first-order valence-electron chi connectivity index (χ1n) is 7.80. The van der Waals surface area contributed by atoms with Gasteiger partial charge in [0.25, 0.3) is 5.91 Å². The molecule has 2 aromatic rings. The molecular weight excluding hydrogens is 326 g/mol. The van der Waals surface area contributed by atoms with Gasteiger partial charge in [-0.2, -0.15) is 0 Å². The number of para-hydroxylation sites is 1. The Morgan fingerprint density at radius 3 is 2.88 bits per heavy atom. The third-order valence-electron chi connectivity index (χ3n) is 4.00. The van der Waals surface area contributed by atoms with Crippen molar-refractivity contribution >= 4 is 17.7 Å². The second-order valence-corrected chi connectivity index (χ2v) is 6.71. The molecule has 2 aliphatic rings. The van der Waals surface area contributed by atoms with Crippen molar-refractivity contribution in [3.05, 3.63) is 54.1 Å². The Balaban J connectivity index is 1.45. The molecule has 124 valence electrons. The van der Waals surface area contributed by atoms with Crippen molar-refractivity contribution in [1.29, 1.82) is 0 Å². The number of hydrogen-bond acceptors (Lipinski definition) is 5. The highest BCUT2D eigenvalue weighted by molar-refractivity contribution is 7.99. The molecule has 5 nitrogen and oxygen atoms in total. The molecule has 6 heteroatoms. The molecule has 1 unspecified atom stereocenters. The molecule has 0 aliphatic carbocycles. The number of carbonyl (C=O) groups excluding carboxylic acids is 1. The number of rotatable bonds is 4. The Morgan fingerprint density at radius 2 is 2.00 bits per heavy atom. The first-order chi connectivity index (χ1) is 11.8. The second kappa shape index (κ2) is 6.65. The predicted molar refractivity (Wildman–Crippen MR) is 91.4 cm³/mol. The number of benzene rings is 2. The van der Waals surface area contributed by atoms with E-state index in [0.717, 1.165) is 29.4 Å². The first-order valence-corrected chi connectivity index (χ1v) is 8.84. The van der Waals surface area contributed by atoms with Crippen LogP contribution in [0.5, 0.6) is 17.2 Å². The summed E-state index contributed by atoms with van der Waals surface area (Å²) in [5, 5.41) is -0.00799. The summed E-state index contributed by atoms with van der Waals surface area (Å²) < 4.78 is 16.4. The summed E-state index contributed by atoms with van der Waals surface area (Å²) in [6, 6.07) is 15.3. The zero-order chi connectivity index (χ0) is 16.4. The standard InChI is InChI=1S/C18H17NO4S/c20-17(11-21-14-4-2-1-3-5-14)19-8-9-24-18(19)13-6-7-15-16(10-13)23-12-22-15/h1-7,10,18H,8-9,11-12H2. The van der Waals surface area contributed by atoms with Gasteiger partial charge in [-0.25, -0.2) is 0 Å². The molecule has 4 rings (SSSR count). The highest BCUT2D eigenvalue weighted by Crippen LogP contribution is 2.42. The fourth-order valence-corrected chi connectivity index (χ4v) is 4.08. The molecule has 1 amide bonds. The molecule has 2 heterocycles. The molecule has 24 heavy (non-hydrogen) atoms. The van der Waals surface area contributed by atoms with Gasteiger partial charge in [-0.15, -0.1) is 11.8 Å². The van der Waals surface area contributed by atoms with Crippen molar-refractivity contribution in [2.45, 2.75) is 5.37 Å². The second-order valence-electron chi connectivity index (χ2n) is 5.52. The third kappa shape index (κ3) is 3.01. The van der Waals surface area contributed by atoms with Crippen LogP contribution in [-0.2, 0) is 4.79 Å². The van der Waals surface area contributed by atoms with Crippen LogP contribution in [-0.4, -0.2) is 36.5 Å². The van der Waals surface area contributed by atoms with Crippen LogP contribution in [0.15, 0.2) is 48.5 Å². The quantitative estimate of drug-likeness (QED) is 0.854. The number of thioether (sulfide) groups is 1. The van der Waals surface area contributed by atoms with Crippen LogP contribution in [0, 0.1) is 0 Å². The summed E-state index contributed by atoms with van der Waals surface area (Å²) in [6.07, 6.45) is 0. The van der Waals surface area contributed by atoms with Gasteiger partial charge in [0, 0.05) is 12.3 Å². The molecule has 0 radical (unpaired) electrons. The van der Waals surface area contributed by atoms with E-state index in [0.29, 0.717) is 5.75 Å². The van der Waals surface area contributed by atoms with Crippen LogP contribution >= 0.6 is 11.8 Å². The van der Waals surface area contributed by atoms with Gasteiger partial charge in [-0.3, -0.25) is 4.79 Å². The molecule has 1 saturated heterocycles. The van der Waals surface area contributed by atoms with Gasteiger partial charge >= 0.3 is 0 Å². The first kappa shape index (κ1) is 15.2. The smallest absolute Gasteiger partial charge is 0.261 e. The fraction of sp³-hybridized carbons (Fsp3) is 0.278. The third-order valence-corrected chi connectivity index (χ3v) is 5.26. The zero-order valence-corrected chi connectivity index (χ0v) is 13.8. The average molecular weight is 343 g/mol. The van der Waals surface area contributed by atoms with Crippen molar-refractivity contribution in [2.75, 3.05) is 25.7 Å². The minimum absolute atomic E-state index is 0.00785. The maximum atomic E-state index is 12.6. The molecule has 2 aromatic carbocycles. The van der Waals surface area contributed by atoms with Crippen molar-refractivity contribution in [2.24, 2.45) is 0 Å². The molecule has 0 spiro atoms. The predicted octanol–water partition coefficient (Wildman–Crippen LogP) is 3.07. The Kier molecular flexibility index (Phi) is 4.21. The van der Waals surface area contributed by atoms with E-state index in [-0.39, 0.29) is 24.7 Å². The largest absolute Gasteiger partial charge is 0.484 e. The van der Waals surface area contributed by atoms with E-state index in [4.69, 9.17) is 14.2 Å². The Morgan fingerprint density at radius 1 is 1.17 bits per heavy atom. The van der Waals surface area contributed by atoms with E-state index in [1.54, 1.807) is 11.8 Å². The highest BCUT2D eigenvalue weighted by atomic mass is 32.2. The molecule has 0 bridgehead atoms. The monoisotopic (exact) mass is 343 g/mol. The summed E-state index contributed by atoms with van der Waals surface area (Å²) in [5.41, 5.74) is 1.05. The summed E-state index contributed by atoms with van der Waals surface area (Å²) in [7, 11) is 0. The highest BCUT2D eigenvalue weighted by Gasteiger charge is 2.31. The SMILES string of the molecule is O=C(COc1ccccc1)N1CCSC1c1ccc2c(c1)OCO2. The summed E-state index contributed by atoms with van der Waals surface area (Å²) >= 11 is 1.75. The molecule has 0 aromatic heterocycles. The van der Waals surface area contributed by atoms with Crippen LogP contribution < -0.4 is 14.2 Å². The number of carbonyl (C=O) groups is 1. The maximum absolute atomic E-state index is 12.6. The number of hydrogen-bond donors (Lipinski definition) is 0. The van der Waals surface area contributed by atoms with Crippen molar-refractivity contribution < 1.29 is 19.0 Å². The molecule has 2 aliphatic heterocycles. The van der Waals surface area contributed by atoms with Gasteiger partial charge in [0.15, 0.2) is 18.1 Å². The lowest BCUT2D eigenvalue weighted by Crippen LogP contribution is -2.34. The van der Waals surface area contributed by atoms with E-state index in [9.17, 15) is 4.79 Å². The van der Waals surface area contributed by atoms with Crippen molar-refractivity contribution in [3.8, 4) is 17.2 Å². The number of fused-ring (bicyclic) bond motifs is 1. The maximum Gasteiger partial charge on any atom is 0.261 e. The molecule has 0 N–H and O–H groups in total. The minimum atomic E-state index is -0.00799. The van der Waals surface area contributed by atoms with Gasteiger partial charge in [0.1, 0.15) is 11.1 Å². The van der Waals surface area contributed by atoms with E-state index in [2.05, 4.69) is 0 Å². The Hall–Kier alpha value is -2.34. The number of ether oxygens (including phenoxy) is 3. The number of nitrogens with zero attached hydrogens (tertiary/aromatic N) is 1. The summed E-state index contributed by atoms with van der Waals surface area (Å²) in [4.78, 5) is 14.4. The molecular formula is C18H17NO4S. The van der Waals surface area contributed by atoms with E-state index >= 15 is 0 Å².